The van der Waals surface area contributed by atoms with Crippen molar-refractivity contribution in [3.63, 3.8) is 0 Å². The zero-order chi connectivity index (χ0) is 18.1. The molecule has 4 unspecified atom stereocenters. The number of hydrogen-bond acceptors (Lipinski definition) is 4. The van der Waals surface area contributed by atoms with Crippen LogP contribution in [0.15, 0.2) is 6.20 Å². The van der Waals surface area contributed by atoms with Gasteiger partial charge in [0.25, 0.3) is 0 Å². The molecule has 1 aromatic heterocycles. The van der Waals surface area contributed by atoms with Gasteiger partial charge < -0.3 is 4.90 Å². The molecule has 6 nitrogen and oxygen atoms in total. The summed E-state index contributed by atoms with van der Waals surface area (Å²) >= 11 is 0. The van der Waals surface area contributed by atoms with E-state index in [1.54, 1.807) is 4.90 Å². The van der Waals surface area contributed by atoms with Gasteiger partial charge in [-0.2, -0.15) is 0 Å². The smallest absolute Gasteiger partial charge is 0.226 e. The standard InChI is InChI=1S/C20H33N5O/c1-23(2)20(26)19-14-24-9-8-16(19)11-18(24)13-25-12-17(21-22-25)10-15-6-4-3-5-7-15/h12,15-16,18-19H,3-11,13-14H2,1-2H3. The Morgan fingerprint density at radius 1 is 1.23 bits per heavy atom. The van der Waals surface area contributed by atoms with Crippen LogP contribution < -0.4 is 0 Å². The van der Waals surface area contributed by atoms with Gasteiger partial charge in [0.1, 0.15) is 0 Å². The minimum Gasteiger partial charge on any atom is -0.349 e. The number of carbonyl (C=O) groups is 1. The lowest BCUT2D eigenvalue weighted by atomic mass is 9.75. The minimum atomic E-state index is 0.188. The number of amides is 1. The summed E-state index contributed by atoms with van der Waals surface area (Å²) in [5.74, 6) is 1.83. The van der Waals surface area contributed by atoms with E-state index in [0.29, 0.717) is 17.9 Å². The molecule has 4 atom stereocenters. The highest BCUT2D eigenvalue weighted by Crippen LogP contribution is 2.37. The van der Waals surface area contributed by atoms with Gasteiger partial charge in [0, 0.05) is 32.9 Å². The van der Waals surface area contributed by atoms with Gasteiger partial charge in [-0.15, -0.1) is 5.10 Å². The van der Waals surface area contributed by atoms with Crippen LogP contribution in [0.2, 0.25) is 0 Å². The highest BCUT2D eigenvalue weighted by molar-refractivity contribution is 5.79. The first-order valence-corrected chi connectivity index (χ1v) is 10.4. The van der Waals surface area contributed by atoms with E-state index >= 15 is 0 Å². The van der Waals surface area contributed by atoms with Crippen LogP contribution in [-0.2, 0) is 17.8 Å². The van der Waals surface area contributed by atoms with Gasteiger partial charge in [0.15, 0.2) is 0 Å². The van der Waals surface area contributed by atoms with Crippen molar-refractivity contribution in [3.8, 4) is 0 Å². The molecule has 0 radical (unpaired) electrons. The van der Waals surface area contributed by atoms with Crippen molar-refractivity contribution < 1.29 is 4.79 Å². The Labute approximate surface area is 156 Å². The molecule has 5 rings (SSSR count). The second kappa shape index (κ2) is 7.67. The third kappa shape index (κ3) is 3.80. The van der Waals surface area contributed by atoms with Gasteiger partial charge in [0.2, 0.25) is 5.91 Å². The van der Waals surface area contributed by atoms with Crippen LogP contribution in [0.25, 0.3) is 0 Å². The first-order valence-electron chi connectivity index (χ1n) is 10.4. The lowest BCUT2D eigenvalue weighted by Gasteiger charge is -2.49. The molecule has 0 spiro atoms. The molecule has 4 aliphatic rings. The van der Waals surface area contributed by atoms with Crippen molar-refractivity contribution in [2.45, 2.75) is 64.0 Å². The Bertz CT molecular complexity index is 621. The molecule has 6 heteroatoms. The van der Waals surface area contributed by atoms with Crippen molar-refractivity contribution in [1.29, 1.82) is 0 Å². The molecule has 1 saturated carbocycles. The Morgan fingerprint density at radius 3 is 2.73 bits per heavy atom. The van der Waals surface area contributed by atoms with E-state index in [0.717, 1.165) is 50.5 Å². The number of hydrogen-bond donors (Lipinski definition) is 0. The van der Waals surface area contributed by atoms with Gasteiger partial charge in [-0.05, 0) is 37.6 Å². The van der Waals surface area contributed by atoms with E-state index in [4.69, 9.17) is 0 Å². The quantitative estimate of drug-likeness (QED) is 0.809. The van der Waals surface area contributed by atoms with Crippen molar-refractivity contribution >= 4 is 5.91 Å². The van der Waals surface area contributed by atoms with E-state index < -0.39 is 0 Å². The van der Waals surface area contributed by atoms with Gasteiger partial charge in [-0.1, -0.05) is 37.3 Å². The molecule has 1 aromatic rings. The normalized spacial score (nSPS) is 31.9. The molecule has 3 saturated heterocycles. The second-order valence-electron chi connectivity index (χ2n) is 8.91. The Balaban J connectivity index is 1.33. The van der Waals surface area contributed by atoms with Crippen LogP contribution in [0.1, 0.15) is 50.6 Å². The molecule has 2 bridgehead atoms. The highest BCUT2D eigenvalue weighted by atomic mass is 16.2. The largest absolute Gasteiger partial charge is 0.349 e. The highest BCUT2D eigenvalue weighted by Gasteiger charge is 2.43. The van der Waals surface area contributed by atoms with Gasteiger partial charge in [-0.25, -0.2) is 0 Å². The van der Waals surface area contributed by atoms with E-state index in [1.165, 1.54) is 32.1 Å². The summed E-state index contributed by atoms with van der Waals surface area (Å²) < 4.78 is 2.05. The summed E-state index contributed by atoms with van der Waals surface area (Å²) in [7, 11) is 3.75. The molecule has 1 amide bonds. The number of carbonyl (C=O) groups excluding carboxylic acids is 1. The monoisotopic (exact) mass is 359 g/mol. The van der Waals surface area contributed by atoms with Crippen LogP contribution in [0, 0.1) is 17.8 Å². The summed E-state index contributed by atoms with van der Waals surface area (Å²) in [6.45, 7) is 2.95. The van der Waals surface area contributed by atoms with Gasteiger partial charge >= 0.3 is 0 Å². The lowest BCUT2D eigenvalue weighted by molar-refractivity contribution is -0.141. The van der Waals surface area contributed by atoms with Crippen molar-refractivity contribution in [1.82, 2.24) is 24.8 Å². The number of fused-ring (bicyclic) bond motifs is 3. The number of nitrogens with zero attached hydrogens (tertiary/aromatic N) is 5. The molecule has 0 aromatic carbocycles. The molecule has 1 aliphatic carbocycles. The Hall–Kier alpha value is -1.43. The lowest BCUT2D eigenvalue weighted by Crippen LogP contribution is -2.57. The van der Waals surface area contributed by atoms with Crippen LogP contribution in [0.5, 0.6) is 0 Å². The SMILES string of the molecule is CN(C)C(=O)C1CN2CCC1CC2Cn1cc(CC2CCCCC2)nn1. The molecular formula is C20H33N5O. The summed E-state index contributed by atoms with van der Waals surface area (Å²) in [6.07, 6.45) is 12.4. The van der Waals surface area contributed by atoms with Crippen LogP contribution in [0.4, 0.5) is 0 Å². The van der Waals surface area contributed by atoms with Crippen molar-refractivity contribution in [2.75, 3.05) is 27.2 Å². The predicted octanol–water partition coefficient (Wildman–Crippen LogP) is 2.20. The fourth-order valence-electron chi connectivity index (χ4n) is 5.36. The maximum absolute atomic E-state index is 12.4. The van der Waals surface area contributed by atoms with Gasteiger partial charge in [0.05, 0.1) is 18.2 Å². The van der Waals surface area contributed by atoms with Crippen LogP contribution in [-0.4, -0.2) is 63.9 Å². The Kier molecular flexibility index (Phi) is 5.30. The van der Waals surface area contributed by atoms with E-state index in [9.17, 15) is 4.79 Å². The first kappa shape index (κ1) is 18.0. The predicted molar refractivity (Wildman–Crippen MR) is 101 cm³/mol. The molecule has 26 heavy (non-hydrogen) atoms. The average molecular weight is 360 g/mol. The molecule has 3 aliphatic heterocycles. The maximum Gasteiger partial charge on any atom is 0.226 e. The van der Waals surface area contributed by atoms with Crippen molar-refractivity contribution in [2.24, 2.45) is 17.8 Å². The van der Waals surface area contributed by atoms with Crippen LogP contribution >= 0.6 is 0 Å². The molecule has 144 valence electrons. The van der Waals surface area contributed by atoms with Crippen LogP contribution in [0.3, 0.4) is 0 Å². The first-order chi connectivity index (χ1) is 12.6. The van der Waals surface area contributed by atoms with Crippen molar-refractivity contribution in [3.05, 3.63) is 11.9 Å². The Morgan fingerprint density at radius 2 is 2.04 bits per heavy atom. The zero-order valence-corrected chi connectivity index (χ0v) is 16.3. The number of rotatable bonds is 5. The molecule has 4 heterocycles. The summed E-state index contributed by atoms with van der Waals surface area (Å²) in [6, 6.07) is 0.504. The average Bonchev–Trinajstić information content (AvgIpc) is 3.09. The van der Waals surface area contributed by atoms with Gasteiger partial charge in [-0.3, -0.25) is 14.4 Å². The van der Waals surface area contributed by atoms with E-state index in [2.05, 4.69) is 21.4 Å². The number of aromatic nitrogens is 3. The molecule has 4 fully saturated rings. The third-order valence-electron chi connectivity index (χ3n) is 6.84. The summed E-state index contributed by atoms with van der Waals surface area (Å²) in [4.78, 5) is 16.7. The summed E-state index contributed by atoms with van der Waals surface area (Å²) in [5.41, 5.74) is 1.16. The van der Waals surface area contributed by atoms with E-state index in [1.807, 2.05) is 18.8 Å². The molecular weight excluding hydrogens is 326 g/mol. The third-order valence-corrected chi connectivity index (χ3v) is 6.84. The molecule has 0 N–H and O–H groups in total. The topological polar surface area (TPSA) is 54.3 Å². The fourth-order valence-corrected chi connectivity index (χ4v) is 5.36. The van der Waals surface area contributed by atoms with E-state index in [-0.39, 0.29) is 5.92 Å². The minimum absolute atomic E-state index is 0.188. The summed E-state index contributed by atoms with van der Waals surface area (Å²) in [5, 5.41) is 8.84. The zero-order valence-electron chi connectivity index (χ0n) is 16.3. The fraction of sp³-hybridized carbons (Fsp3) is 0.850. The second-order valence-corrected chi connectivity index (χ2v) is 8.91. The number of piperidine rings is 3. The maximum atomic E-state index is 12.4.